The molecule has 0 bridgehead atoms. The van der Waals surface area contributed by atoms with E-state index in [0.717, 1.165) is 42.7 Å². The van der Waals surface area contributed by atoms with Crippen LogP contribution in [-0.4, -0.2) is 34.7 Å². The molecular formula is C26H30ClN5O. The van der Waals surface area contributed by atoms with E-state index in [2.05, 4.69) is 20.5 Å². The molecule has 1 aromatic heterocycles. The fraction of sp³-hybridized carbons (Fsp3) is 0.269. The van der Waals surface area contributed by atoms with E-state index in [-0.39, 0.29) is 13.3 Å². The Morgan fingerprint density at radius 1 is 1.00 bits per heavy atom. The van der Waals surface area contributed by atoms with Crippen molar-refractivity contribution < 1.29 is 4.79 Å². The van der Waals surface area contributed by atoms with Crippen LogP contribution in [0.5, 0.6) is 0 Å². The number of carbonyl (C=O) groups excluding carboxylic acids is 1. The maximum absolute atomic E-state index is 12.8. The van der Waals surface area contributed by atoms with Crippen LogP contribution < -0.4 is 10.6 Å². The summed E-state index contributed by atoms with van der Waals surface area (Å²) in [5, 5.41) is 15.2. The number of rotatable bonds is 6. The van der Waals surface area contributed by atoms with Crippen molar-refractivity contribution in [2.24, 2.45) is 0 Å². The third-order valence-corrected chi connectivity index (χ3v) is 5.77. The normalized spacial score (nSPS) is 13.1. The van der Waals surface area contributed by atoms with Crippen LogP contribution in [0.4, 0.5) is 11.5 Å². The number of likely N-dealkylation sites (tertiary alicyclic amines) is 1. The first-order valence-corrected chi connectivity index (χ1v) is 11.2. The number of pyridine rings is 1. The molecule has 2 heterocycles. The molecule has 0 atom stereocenters. The maximum atomic E-state index is 12.8. The van der Waals surface area contributed by atoms with Crippen LogP contribution in [0.3, 0.4) is 0 Å². The lowest BCUT2D eigenvalue weighted by molar-refractivity contribution is 0.102. The van der Waals surface area contributed by atoms with Gasteiger partial charge in [-0.05, 0) is 67.3 Å². The molecule has 1 fully saturated rings. The highest BCUT2D eigenvalue weighted by atomic mass is 35.5. The van der Waals surface area contributed by atoms with Gasteiger partial charge in [-0.3, -0.25) is 10.2 Å². The first-order valence-electron chi connectivity index (χ1n) is 10.8. The van der Waals surface area contributed by atoms with E-state index < -0.39 is 0 Å². The fourth-order valence-corrected chi connectivity index (χ4v) is 3.88. The van der Waals surface area contributed by atoms with Crippen LogP contribution in [0.1, 0.15) is 48.2 Å². The second-order valence-corrected chi connectivity index (χ2v) is 8.24. The van der Waals surface area contributed by atoms with Crippen molar-refractivity contribution in [1.82, 2.24) is 9.88 Å². The molecule has 1 saturated heterocycles. The third kappa shape index (κ3) is 6.33. The van der Waals surface area contributed by atoms with Crippen molar-refractivity contribution >= 4 is 34.8 Å². The Hall–Kier alpha value is -3.38. The van der Waals surface area contributed by atoms with Gasteiger partial charge in [-0.2, -0.15) is 0 Å². The highest BCUT2D eigenvalue weighted by molar-refractivity contribution is 6.30. The summed E-state index contributed by atoms with van der Waals surface area (Å²) in [4.78, 5) is 19.0. The van der Waals surface area contributed by atoms with Gasteiger partial charge in [0.25, 0.3) is 5.91 Å². The second kappa shape index (κ2) is 11.5. The lowest BCUT2D eigenvalue weighted by atomic mass is 10.1. The molecular weight excluding hydrogens is 434 g/mol. The molecule has 6 nitrogen and oxygen atoms in total. The molecule has 3 N–H and O–H groups in total. The van der Waals surface area contributed by atoms with E-state index >= 15 is 0 Å². The van der Waals surface area contributed by atoms with E-state index in [1.54, 1.807) is 18.2 Å². The molecule has 172 valence electrons. The summed E-state index contributed by atoms with van der Waals surface area (Å²) in [6.45, 7) is 2.42. The quantitative estimate of drug-likeness (QED) is 0.307. The Labute approximate surface area is 200 Å². The topological polar surface area (TPSA) is 81.1 Å². The van der Waals surface area contributed by atoms with E-state index in [4.69, 9.17) is 17.0 Å². The van der Waals surface area contributed by atoms with Gasteiger partial charge < -0.3 is 15.5 Å². The molecule has 0 aliphatic carbocycles. The van der Waals surface area contributed by atoms with Gasteiger partial charge in [-0.25, -0.2) is 4.98 Å². The zero-order chi connectivity index (χ0) is 22.3. The molecule has 3 aromatic rings. The molecule has 4 rings (SSSR count). The average Bonchev–Trinajstić information content (AvgIpc) is 2.85. The zero-order valence-electron chi connectivity index (χ0n) is 17.8. The second-order valence-electron chi connectivity index (χ2n) is 7.80. The summed E-state index contributed by atoms with van der Waals surface area (Å²) in [5.41, 5.74) is 3.33. The number of nitrogens with one attached hydrogen (secondary N) is 3. The number of hydrogen-bond donors (Lipinski definition) is 3. The number of amidine groups is 1. The van der Waals surface area contributed by atoms with Crippen LogP contribution in [0.25, 0.3) is 0 Å². The third-order valence-electron chi connectivity index (χ3n) is 5.54. The number of aromatic nitrogens is 1. The summed E-state index contributed by atoms with van der Waals surface area (Å²) >= 11 is 5.86. The minimum absolute atomic E-state index is 0. The molecule has 7 heteroatoms. The minimum atomic E-state index is -0.220. The number of nitrogens with zero attached hydrogens (tertiary/aromatic N) is 2. The van der Waals surface area contributed by atoms with Crippen molar-refractivity contribution in [3.8, 4) is 0 Å². The molecule has 1 aliphatic heterocycles. The predicted octanol–water partition coefficient (Wildman–Crippen LogP) is 6.05. The monoisotopic (exact) mass is 463 g/mol. The Balaban J connectivity index is 0.00000306. The van der Waals surface area contributed by atoms with Gasteiger partial charge in [-0.15, -0.1) is 0 Å². The zero-order valence-corrected chi connectivity index (χ0v) is 18.5. The number of hydrogen-bond acceptors (Lipinski definition) is 4. The van der Waals surface area contributed by atoms with Crippen molar-refractivity contribution in [3.63, 3.8) is 0 Å². The Morgan fingerprint density at radius 2 is 1.73 bits per heavy atom. The molecule has 1 amide bonds. The van der Waals surface area contributed by atoms with Gasteiger partial charge in [0.2, 0.25) is 0 Å². The highest BCUT2D eigenvalue weighted by Crippen LogP contribution is 2.18. The first kappa shape index (κ1) is 24.3. The van der Waals surface area contributed by atoms with Gasteiger partial charge in [-0.1, -0.05) is 37.2 Å². The predicted molar refractivity (Wildman–Crippen MR) is 136 cm³/mol. The van der Waals surface area contributed by atoms with E-state index in [9.17, 15) is 4.79 Å². The molecule has 1 aliphatic rings. The number of carbonyl (C=O) groups is 1. The van der Waals surface area contributed by atoms with E-state index in [1.165, 1.54) is 12.6 Å². The van der Waals surface area contributed by atoms with E-state index in [0.29, 0.717) is 28.8 Å². The number of anilines is 2. The standard InChI is InChI=1S/C25H26ClN5O.CH4/c26-20-10-13-23(29-17-20)30-25(32)22-7-3-2-6-19(22)16-28-21-11-8-18(9-12-21)24(27)31-14-4-1-5-15-31;/h2-3,6-13,17,27-28H,1,4-5,14-16H2,(H,29,30,32);1H4. The van der Waals surface area contributed by atoms with Crippen LogP contribution in [0, 0.1) is 5.41 Å². The van der Waals surface area contributed by atoms with Gasteiger partial charge >= 0.3 is 0 Å². The number of amides is 1. The summed E-state index contributed by atoms with van der Waals surface area (Å²) in [7, 11) is 0. The summed E-state index contributed by atoms with van der Waals surface area (Å²) in [6, 6.07) is 18.8. The largest absolute Gasteiger partial charge is 0.381 e. The average molecular weight is 464 g/mol. The molecule has 2 aromatic carbocycles. The van der Waals surface area contributed by atoms with Crippen LogP contribution in [0.15, 0.2) is 66.9 Å². The molecule has 33 heavy (non-hydrogen) atoms. The lowest BCUT2D eigenvalue weighted by Gasteiger charge is -2.29. The molecule has 0 unspecified atom stereocenters. The Kier molecular flexibility index (Phi) is 8.44. The number of piperidine rings is 1. The van der Waals surface area contributed by atoms with Crippen molar-refractivity contribution in [2.75, 3.05) is 23.7 Å². The van der Waals surface area contributed by atoms with Crippen LogP contribution in [-0.2, 0) is 6.54 Å². The van der Waals surface area contributed by atoms with E-state index in [1.807, 2.05) is 42.5 Å². The van der Waals surface area contributed by atoms with Crippen LogP contribution in [0.2, 0.25) is 5.02 Å². The number of benzene rings is 2. The van der Waals surface area contributed by atoms with Gasteiger partial charge in [0.1, 0.15) is 11.7 Å². The summed E-state index contributed by atoms with van der Waals surface area (Å²) in [6.07, 6.45) is 5.06. The maximum Gasteiger partial charge on any atom is 0.257 e. The minimum Gasteiger partial charge on any atom is -0.381 e. The van der Waals surface area contributed by atoms with Crippen molar-refractivity contribution in [3.05, 3.63) is 88.6 Å². The van der Waals surface area contributed by atoms with Gasteiger partial charge in [0.05, 0.1) is 5.02 Å². The van der Waals surface area contributed by atoms with Crippen molar-refractivity contribution in [2.45, 2.75) is 33.2 Å². The SMILES string of the molecule is C.N=C(c1ccc(NCc2ccccc2C(=O)Nc2ccc(Cl)cn2)cc1)N1CCCCC1. The summed E-state index contributed by atoms with van der Waals surface area (Å²) < 4.78 is 0. The highest BCUT2D eigenvalue weighted by Gasteiger charge is 2.15. The van der Waals surface area contributed by atoms with Crippen molar-refractivity contribution in [1.29, 1.82) is 5.41 Å². The first-order chi connectivity index (χ1) is 15.6. The molecule has 0 spiro atoms. The Morgan fingerprint density at radius 3 is 2.42 bits per heavy atom. The summed E-state index contributed by atoms with van der Waals surface area (Å²) in [5.74, 6) is 0.825. The van der Waals surface area contributed by atoms with Gasteiger partial charge in [0, 0.05) is 42.6 Å². The molecule has 0 radical (unpaired) electrons. The van der Waals surface area contributed by atoms with Gasteiger partial charge in [0.15, 0.2) is 0 Å². The Bertz CT molecular complexity index is 1080. The smallest absolute Gasteiger partial charge is 0.257 e. The number of halogens is 1. The van der Waals surface area contributed by atoms with Crippen LogP contribution >= 0.6 is 11.6 Å². The molecule has 0 saturated carbocycles. The fourth-order valence-electron chi connectivity index (χ4n) is 3.77. The lowest BCUT2D eigenvalue weighted by Crippen LogP contribution is -2.35.